The quantitative estimate of drug-likeness (QED) is 0.350. The zero-order valence-corrected chi connectivity index (χ0v) is 19.0. The highest BCUT2D eigenvalue weighted by Gasteiger charge is 2.39. The third-order valence-electron chi connectivity index (χ3n) is 5.86. The molecule has 0 aromatic heterocycles. The van der Waals surface area contributed by atoms with Crippen LogP contribution in [0.5, 0.6) is 0 Å². The molecule has 0 radical (unpaired) electrons. The molecule has 11 nitrogen and oxygen atoms in total. The van der Waals surface area contributed by atoms with Gasteiger partial charge in [0.2, 0.25) is 23.6 Å². The Morgan fingerprint density at radius 3 is 2.00 bits per heavy atom. The molecule has 2 rings (SSSR count). The molecule has 2 saturated heterocycles. The third kappa shape index (κ3) is 6.41. The van der Waals surface area contributed by atoms with Gasteiger partial charge in [0, 0.05) is 13.1 Å². The van der Waals surface area contributed by atoms with Gasteiger partial charge in [0.1, 0.15) is 24.7 Å². The molecule has 0 aromatic carbocycles. The third-order valence-corrected chi connectivity index (χ3v) is 5.86. The number of nitrogens with zero attached hydrogens (tertiary/aromatic N) is 2. The zero-order chi connectivity index (χ0) is 24.0. The summed E-state index contributed by atoms with van der Waals surface area (Å²) in [5, 5.41) is 13.7. The van der Waals surface area contributed by atoms with E-state index in [1.54, 1.807) is 0 Å². The van der Waals surface area contributed by atoms with Crippen molar-refractivity contribution in [2.75, 3.05) is 19.6 Å². The van der Waals surface area contributed by atoms with Gasteiger partial charge in [-0.1, -0.05) is 13.8 Å². The fourth-order valence-corrected chi connectivity index (χ4v) is 4.33. The Morgan fingerprint density at radius 1 is 0.938 bits per heavy atom. The van der Waals surface area contributed by atoms with E-state index < -0.39 is 54.4 Å². The topological polar surface area (TPSA) is 162 Å². The highest BCUT2D eigenvalue weighted by atomic mass is 16.4. The number of carboxylic acids is 1. The van der Waals surface area contributed by atoms with E-state index in [-0.39, 0.29) is 11.8 Å². The van der Waals surface area contributed by atoms with Crippen LogP contribution in [0, 0.1) is 5.92 Å². The van der Waals surface area contributed by atoms with Crippen LogP contribution in [0.15, 0.2) is 0 Å². The number of amides is 4. The second kappa shape index (κ2) is 11.3. The van der Waals surface area contributed by atoms with E-state index >= 15 is 0 Å². The van der Waals surface area contributed by atoms with Crippen LogP contribution in [0.3, 0.4) is 0 Å². The van der Waals surface area contributed by atoms with Gasteiger partial charge in [-0.05, 0) is 44.9 Å². The van der Waals surface area contributed by atoms with E-state index in [9.17, 15) is 24.0 Å². The van der Waals surface area contributed by atoms with E-state index in [2.05, 4.69) is 10.6 Å². The molecule has 4 atom stereocenters. The molecule has 2 fully saturated rings. The number of rotatable bonds is 9. The highest BCUT2D eigenvalue weighted by molar-refractivity contribution is 5.95. The number of nitrogens with one attached hydrogen (secondary N) is 2. The van der Waals surface area contributed by atoms with Crippen LogP contribution in [-0.2, 0) is 24.0 Å². The SMILES string of the molecule is CC(C)C[C@H](N)C(=O)N1CCC[C@H]1C(=O)N[C@@H](C)C(=O)N1CCC[C@H]1C(=O)NCC(=O)O. The number of hydrogen-bond donors (Lipinski definition) is 4. The van der Waals surface area contributed by atoms with Crippen molar-refractivity contribution in [2.24, 2.45) is 11.7 Å². The molecule has 0 bridgehead atoms. The van der Waals surface area contributed by atoms with Gasteiger partial charge in [-0.2, -0.15) is 0 Å². The molecular weight excluding hydrogens is 418 g/mol. The van der Waals surface area contributed by atoms with Gasteiger partial charge in [-0.3, -0.25) is 24.0 Å². The van der Waals surface area contributed by atoms with Crippen molar-refractivity contribution in [3.05, 3.63) is 0 Å². The van der Waals surface area contributed by atoms with Crippen LogP contribution in [0.4, 0.5) is 0 Å². The Balaban J connectivity index is 1.97. The monoisotopic (exact) mass is 453 g/mol. The Labute approximate surface area is 188 Å². The van der Waals surface area contributed by atoms with Gasteiger partial charge >= 0.3 is 5.97 Å². The van der Waals surface area contributed by atoms with E-state index in [0.717, 1.165) is 0 Å². The first kappa shape index (κ1) is 25.6. The molecule has 32 heavy (non-hydrogen) atoms. The number of carbonyl (C=O) groups is 5. The Morgan fingerprint density at radius 2 is 1.47 bits per heavy atom. The van der Waals surface area contributed by atoms with Crippen molar-refractivity contribution in [2.45, 2.75) is 77.0 Å². The minimum atomic E-state index is -1.17. The molecule has 4 amide bonds. The second-order valence-electron chi connectivity index (χ2n) is 8.96. The fraction of sp³-hybridized carbons (Fsp3) is 0.762. The first-order chi connectivity index (χ1) is 15.0. The molecular formula is C21H35N5O6. The molecule has 2 aliphatic heterocycles. The number of aliphatic carboxylic acids is 1. The van der Waals surface area contributed by atoms with Crippen LogP contribution in [0.25, 0.3) is 0 Å². The standard InChI is InChI=1S/C21H35N5O6/c1-12(2)10-14(22)21(32)26-9-5-7-16(26)19(30)24-13(3)20(31)25-8-4-6-15(25)18(29)23-11-17(27)28/h12-16H,4-11,22H2,1-3H3,(H,23,29)(H,24,30)(H,27,28)/t13-,14-,15-,16-/m0/s1. The molecule has 0 aliphatic carbocycles. The van der Waals surface area contributed by atoms with Crippen LogP contribution in [-0.4, -0.2) is 88.3 Å². The predicted molar refractivity (Wildman–Crippen MR) is 115 cm³/mol. The van der Waals surface area contributed by atoms with E-state index in [1.807, 2.05) is 13.8 Å². The van der Waals surface area contributed by atoms with E-state index in [0.29, 0.717) is 45.2 Å². The molecule has 0 saturated carbocycles. The highest BCUT2D eigenvalue weighted by Crippen LogP contribution is 2.21. The minimum absolute atomic E-state index is 0.252. The van der Waals surface area contributed by atoms with E-state index in [1.165, 1.54) is 16.7 Å². The predicted octanol–water partition coefficient (Wildman–Crippen LogP) is -0.953. The van der Waals surface area contributed by atoms with Gasteiger partial charge in [-0.15, -0.1) is 0 Å². The zero-order valence-electron chi connectivity index (χ0n) is 19.0. The van der Waals surface area contributed by atoms with E-state index in [4.69, 9.17) is 10.8 Å². The summed E-state index contributed by atoms with van der Waals surface area (Å²) in [7, 11) is 0. The maximum atomic E-state index is 12.9. The molecule has 0 unspecified atom stereocenters. The normalized spacial score (nSPS) is 22.5. The number of carbonyl (C=O) groups excluding carboxylic acids is 4. The summed E-state index contributed by atoms with van der Waals surface area (Å²) in [6.45, 7) is 5.76. The van der Waals surface area contributed by atoms with Gasteiger partial charge in [0.15, 0.2) is 0 Å². The van der Waals surface area contributed by atoms with Gasteiger partial charge in [0.05, 0.1) is 6.04 Å². The summed E-state index contributed by atoms with van der Waals surface area (Å²) in [5.41, 5.74) is 6.02. The smallest absolute Gasteiger partial charge is 0.322 e. The van der Waals surface area contributed by atoms with Crippen molar-refractivity contribution < 1.29 is 29.1 Å². The first-order valence-electron chi connectivity index (χ1n) is 11.2. The second-order valence-corrected chi connectivity index (χ2v) is 8.96. The summed E-state index contributed by atoms with van der Waals surface area (Å²) in [6.07, 6.45) is 2.74. The number of likely N-dealkylation sites (tertiary alicyclic amines) is 2. The molecule has 5 N–H and O–H groups in total. The lowest BCUT2D eigenvalue weighted by Crippen LogP contribution is -2.56. The number of hydrogen-bond acceptors (Lipinski definition) is 6. The molecule has 0 aromatic rings. The summed E-state index contributed by atoms with van der Waals surface area (Å²) < 4.78 is 0. The fourth-order valence-electron chi connectivity index (χ4n) is 4.33. The average molecular weight is 454 g/mol. The molecule has 2 heterocycles. The van der Waals surface area contributed by atoms with Crippen molar-refractivity contribution in [3.63, 3.8) is 0 Å². The molecule has 180 valence electrons. The van der Waals surface area contributed by atoms with Gasteiger partial charge in [-0.25, -0.2) is 0 Å². The maximum Gasteiger partial charge on any atom is 0.322 e. The largest absolute Gasteiger partial charge is 0.480 e. The van der Waals surface area contributed by atoms with Crippen molar-refractivity contribution in [3.8, 4) is 0 Å². The summed E-state index contributed by atoms with van der Waals surface area (Å²) in [5.74, 6) is -2.53. The Hall–Kier alpha value is -2.69. The number of carboxylic acid groups (broad SMARTS) is 1. The summed E-state index contributed by atoms with van der Waals surface area (Å²) in [4.78, 5) is 64.3. The summed E-state index contributed by atoms with van der Waals surface area (Å²) >= 11 is 0. The first-order valence-corrected chi connectivity index (χ1v) is 11.2. The van der Waals surface area contributed by atoms with Gasteiger partial charge in [0.25, 0.3) is 0 Å². The minimum Gasteiger partial charge on any atom is -0.480 e. The Bertz CT molecular complexity index is 742. The van der Waals surface area contributed by atoms with Crippen LogP contribution < -0.4 is 16.4 Å². The average Bonchev–Trinajstić information content (AvgIpc) is 3.39. The lowest BCUT2D eigenvalue weighted by atomic mass is 10.0. The summed E-state index contributed by atoms with van der Waals surface area (Å²) in [6, 6.07) is -3.00. The molecule has 0 spiro atoms. The molecule has 2 aliphatic rings. The Kier molecular flexibility index (Phi) is 8.99. The van der Waals surface area contributed by atoms with Crippen molar-refractivity contribution in [1.82, 2.24) is 20.4 Å². The van der Waals surface area contributed by atoms with Crippen LogP contribution in [0.2, 0.25) is 0 Å². The lowest BCUT2D eigenvalue weighted by Gasteiger charge is -2.30. The van der Waals surface area contributed by atoms with Crippen molar-refractivity contribution >= 4 is 29.6 Å². The lowest BCUT2D eigenvalue weighted by molar-refractivity contribution is -0.143. The van der Waals surface area contributed by atoms with Crippen LogP contribution >= 0.6 is 0 Å². The van der Waals surface area contributed by atoms with Crippen LogP contribution in [0.1, 0.15) is 52.9 Å². The molecule has 11 heteroatoms. The maximum absolute atomic E-state index is 12.9. The number of nitrogens with two attached hydrogens (primary N) is 1. The van der Waals surface area contributed by atoms with Gasteiger partial charge < -0.3 is 31.3 Å². The van der Waals surface area contributed by atoms with Crippen molar-refractivity contribution in [1.29, 1.82) is 0 Å².